The molecular weight excluding hydrogens is 256 g/mol. The van der Waals surface area contributed by atoms with Crippen molar-refractivity contribution in [3.05, 3.63) is 47.6 Å². The van der Waals surface area contributed by atoms with Crippen LogP contribution in [0.2, 0.25) is 0 Å². The van der Waals surface area contributed by atoms with Crippen molar-refractivity contribution in [2.24, 2.45) is 0 Å². The number of carboxylic acids is 1. The number of benzene rings is 1. The highest BCUT2D eigenvalue weighted by Crippen LogP contribution is 2.17. The van der Waals surface area contributed by atoms with E-state index in [1.807, 2.05) is 6.07 Å². The summed E-state index contributed by atoms with van der Waals surface area (Å²) in [7, 11) is 1.78. The van der Waals surface area contributed by atoms with E-state index < -0.39 is 11.9 Å². The van der Waals surface area contributed by atoms with Crippen LogP contribution >= 0.6 is 0 Å². The lowest BCUT2D eigenvalue weighted by atomic mass is 10.1. The van der Waals surface area contributed by atoms with Gasteiger partial charge in [0.1, 0.15) is 0 Å². The molecule has 0 radical (unpaired) electrons. The van der Waals surface area contributed by atoms with Crippen LogP contribution in [0.3, 0.4) is 0 Å². The highest BCUT2D eigenvalue weighted by molar-refractivity contribution is 6.13. The quantitative estimate of drug-likeness (QED) is 0.569. The van der Waals surface area contributed by atoms with Crippen LogP contribution in [0.25, 0.3) is 0 Å². The van der Waals surface area contributed by atoms with Gasteiger partial charge >= 0.3 is 5.97 Å². The zero-order valence-corrected chi connectivity index (χ0v) is 11.7. The Morgan fingerprint density at radius 2 is 1.70 bits per heavy atom. The molecule has 0 atom stereocenters. The van der Waals surface area contributed by atoms with Gasteiger partial charge in [-0.25, -0.2) is 4.79 Å². The van der Waals surface area contributed by atoms with Crippen LogP contribution in [-0.4, -0.2) is 24.0 Å². The van der Waals surface area contributed by atoms with E-state index in [2.05, 4.69) is 10.6 Å². The van der Waals surface area contributed by atoms with E-state index >= 15 is 0 Å². The van der Waals surface area contributed by atoms with Gasteiger partial charge in [0.2, 0.25) is 0 Å². The van der Waals surface area contributed by atoms with Crippen LogP contribution in [0.15, 0.2) is 47.6 Å². The van der Waals surface area contributed by atoms with Crippen LogP contribution in [0.1, 0.15) is 13.8 Å². The van der Waals surface area contributed by atoms with Gasteiger partial charge in [-0.1, -0.05) is 18.2 Å². The lowest BCUT2D eigenvalue weighted by molar-refractivity contribution is -0.132. The molecular formula is C15H18N2O3. The van der Waals surface area contributed by atoms with E-state index in [-0.39, 0.29) is 11.1 Å². The van der Waals surface area contributed by atoms with Gasteiger partial charge in [0.15, 0.2) is 0 Å². The summed E-state index contributed by atoms with van der Waals surface area (Å²) in [5.41, 5.74) is 1.57. The molecule has 0 fully saturated rings. The molecule has 0 aliphatic carbocycles. The largest absolute Gasteiger partial charge is 0.478 e. The Morgan fingerprint density at radius 1 is 1.10 bits per heavy atom. The molecule has 0 saturated carbocycles. The molecule has 1 aromatic carbocycles. The third-order valence-corrected chi connectivity index (χ3v) is 2.75. The summed E-state index contributed by atoms with van der Waals surface area (Å²) in [5.74, 6) is -1.57. The number of allylic oxidation sites excluding steroid dienone is 2. The van der Waals surface area contributed by atoms with Gasteiger partial charge in [-0.15, -0.1) is 0 Å². The van der Waals surface area contributed by atoms with Crippen LogP contribution < -0.4 is 10.6 Å². The predicted octanol–water partition coefficient (Wildman–Crippen LogP) is 2.64. The van der Waals surface area contributed by atoms with E-state index in [4.69, 9.17) is 5.11 Å². The number of carboxylic acid groups (broad SMARTS) is 1. The minimum Gasteiger partial charge on any atom is -0.478 e. The van der Waals surface area contributed by atoms with Crippen molar-refractivity contribution in [2.45, 2.75) is 13.8 Å². The molecule has 0 aromatic heterocycles. The Kier molecular flexibility index (Phi) is 5.53. The van der Waals surface area contributed by atoms with Crippen LogP contribution in [-0.2, 0) is 9.59 Å². The van der Waals surface area contributed by atoms with Gasteiger partial charge in [0, 0.05) is 24.0 Å². The first kappa shape index (κ1) is 15.5. The average molecular weight is 274 g/mol. The topological polar surface area (TPSA) is 78.4 Å². The maximum Gasteiger partial charge on any atom is 0.336 e. The summed E-state index contributed by atoms with van der Waals surface area (Å²) in [6.45, 7) is 3.22. The summed E-state index contributed by atoms with van der Waals surface area (Å²) in [5, 5.41) is 14.7. The van der Waals surface area contributed by atoms with Gasteiger partial charge in [0.25, 0.3) is 5.91 Å². The van der Waals surface area contributed by atoms with Crippen molar-refractivity contribution in [1.82, 2.24) is 0 Å². The number of rotatable bonds is 5. The molecule has 0 unspecified atom stereocenters. The zero-order chi connectivity index (χ0) is 15.1. The van der Waals surface area contributed by atoms with Crippen molar-refractivity contribution in [3.8, 4) is 0 Å². The summed E-state index contributed by atoms with van der Waals surface area (Å²) >= 11 is 0. The minimum atomic E-state index is -1.13. The minimum absolute atomic E-state index is 0.0187. The Labute approximate surface area is 118 Å². The van der Waals surface area contributed by atoms with Gasteiger partial charge < -0.3 is 15.7 Å². The normalized spacial score (nSPS) is 11.9. The Balaban J connectivity index is 2.96. The summed E-state index contributed by atoms with van der Waals surface area (Å²) in [6, 6.07) is 7.16. The van der Waals surface area contributed by atoms with Crippen molar-refractivity contribution in [3.63, 3.8) is 0 Å². The van der Waals surface area contributed by atoms with E-state index in [0.29, 0.717) is 5.69 Å². The summed E-state index contributed by atoms with van der Waals surface area (Å²) in [4.78, 5) is 23.2. The number of anilines is 2. The van der Waals surface area contributed by atoms with Crippen molar-refractivity contribution >= 4 is 23.3 Å². The van der Waals surface area contributed by atoms with Gasteiger partial charge in [0.05, 0.1) is 5.57 Å². The molecule has 1 amide bonds. The lowest BCUT2D eigenvalue weighted by Crippen LogP contribution is -2.19. The van der Waals surface area contributed by atoms with E-state index in [0.717, 1.165) is 5.69 Å². The lowest BCUT2D eigenvalue weighted by Gasteiger charge is -2.10. The molecule has 3 N–H and O–H groups in total. The molecule has 0 aliphatic rings. The molecule has 0 spiro atoms. The summed E-state index contributed by atoms with van der Waals surface area (Å²) in [6.07, 6.45) is 2.89. The SMILES string of the molecule is C/C=C(C(=O)O)\C(=C/C)C(=O)Nc1cccc(NC)c1. The number of aliphatic carboxylic acids is 1. The second kappa shape index (κ2) is 7.13. The summed E-state index contributed by atoms with van der Waals surface area (Å²) < 4.78 is 0. The average Bonchev–Trinajstić information content (AvgIpc) is 2.44. The number of carbonyl (C=O) groups is 2. The van der Waals surface area contributed by atoms with Crippen molar-refractivity contribution in [2.75, 3.05) is 17.7 Å². The molecule has 1 rings (SSSR count). The second-order valence-electron chi connectivity index (χ2n) is 3.99. The second-order valence-corrected chi connectivity index (χ2v) is 3.99. The van der Waals surface area contributed by atoms with Crippen molar-refractivity contribution < 1.29 is 14.7 Å². The smallest absolute Gasteiger partial charge is 0.336 e. The Morgan fingerprint density at radius 3 is 2.20 bits per heavy atom. The fraction of sp³-hybridized carbons (Fsp3) is 0.200. The molecule has 5 nitrogen and oxygen atoms in total. The van der Waals surface area contributed by atoms with Crippen LogP contribution in [0, 0.1) is 0 Å². The number of hydrogen-bond donors (Lipinski definition) is 3. The van der Waals surface area contributed by atoms with Gasteiger partial charge in [-0.2, -0.15) is 0 Å². The predicted molar refractivity (Wildman–Crippen MR) is 79.8 cm³/mol. The van der Waals surface area contributed by atoms with E-state index in [1.165, 1.54) is 12.2 Å². The number of amides is 1. The number of nitrogens with one attached hydrogen (secondary N) is 2. The monoisotopic (exact) mass is 274 g/mol. The molecule has 0 bridgehead atoms. The number of hydrogen-bond acceptors (Lipinski definition) is 3. The van der Waals surface area contributed by atoms with Gasteiger partial charge in [-0.05, 0) is 32.0 Å². The fourth-order valence-corrected chi connectivity index (χ4v) is 1.75. The van der Waals surface area contributed by atoms with Gasteiger partial charge in [-0.3, -0.25) is 4.79 Å². The molecule has 1 aromatic rings. The van der Waals surface area contributed by atoms with E-state index in [1.54, 1.807) is 39.1 Å². The Bertz CT molecular complexity index is 574. The van der Waals surface area contributed by atoms with Crippen LogP contribution in [0.4, 0.5) is 11.4 Å². The first-order valence-electron chi connectivity index (χ1n) is 6.19. The standard InChI is InChI=1S/C15H18N2O3/c1-4-12(13(5-2)15(19)20)14(18)17-11-8-6-7-10(9-11)16-3/h4-9,16H,1-3H3,(H,17,18)(H,19,20)/b12-4+,13-5+. The maximum atomic E-state index is 12.1. The fourth-order valence-electron chi connectivity index (χ4n) is 1.75. The van der Waals surface area contributed by atoms with Crippen LogP contribution in [0.5, 0.6) is 0 Å². The molecule has 106 valence electrons. The third kappa shape index (κ3) is 3.71. The molecule has 0 aliphatic heterocycles. The maximum absolute atomic E-state index is 12.1. The molecule has 0 heterocycles. The Hall–Kier alpha value is -2.56. The number of carbonyl (C=O) groups excluding carboxylic acids is 1. The van der Waals surface area contributed by atoms with E-state index in [9.17, 15) is 9.59 Å². The first-order valence-corrected chi connectivity index (χ1v) is 6.19. The molecule has 20 heavy (non-hydrogen) atoms. The highest BCUT2D eigenvalue weighted by Gasteiger charge is 2.18. The molecule has 5 heteroatoms. The third-order valence-electron chi connectivity index (χ3n) is 2.75. The van der Waals surface area contributed by atoms with Crippen molar-refractivity contribution in [1.29, 1.82) is 0 Å². The molecule has 0 saturated heterocycles. The zero-order valence-electron chi connectivity index (χ0n) is 11.7. The highest BCUT2D eigenvalue weighted by atomic mass is 16.4. The first-order chi connectivity index (χ1) is 9.53.